The molecule has 4 amide bonds. The average molecular weight is 829 g/mol. The summed E-state index contributed by atoms with van der Waals surface area (Å²) in [6.07, 6.45) is -1.97. The van der Waals surface area contributed by atoms with E-state index >= 15 is 0 Å². The molecule has 2 aromatic rings. The van der Waals surface area contributed by atoms with Crippen LogP contribution in [-0.2, 0) is 46.2 Å². The van der Waals surface area contributed by atoms with Gasteiger partial charge in [0.2, 0.25) is 5.91 Å². The number of hydrogen-bond donors (Lipinski definition) is 2. The molecular formula is C36H44N6O13SSi. The maximum atomic E-state index is 13.9. The molecule has 3 N–H and O–H groups in total. The molecule has 57 heavy (non-hydrogen) atoms. The monoisotopic (exact) mass is 828 g/mol. The highest BCUT2D eigenvalue weighted by molar-refractivity contribution is 8.03. The van der Waals surface area contributed by atoms with Crippen molar-refractivity contribution in [3.63, 3.8) is 0 Å². The van der Waals surface area contributed by atoms with Crippen LogP contribution in [0.3, 0.4) is 0 Å². The lowest BCUT2D eigenvalue weighted by molar-refractivity contribution is -0.385. The normalized spacial score (nSPS) is 22.0. The molecule has 2 saturated heterocycles. The number of nitrogens with two attached hydrogens (primary N) is 1. The minimum absolute atomic E-state index is 0.0513. The van der Waals surface area contributed by atoms with E-state index in [1.165, 1.54) is 70.1 Å². The summed E-state index contributed by atoms with van der Waals surface area (Å²) in [6, 6.07) is 10.0. The van der Waals surface area contributed by atoms with E-state index in [0.717, 1.165) is 0 Å². The second-order valence-electron chi connectivity index (χ2n) is 14.8. The Hall–Kier alpha value is -5.54. The fourth-order valence-electron chi connectivity index (χ4n) is 7.14. The Labute approximate surface area is 332 Å². The van der Waals surface area contributed by atoms with E-state index in [9.17, 15) is 44.2 Å². The highest BCUT2D eigenvalue weighted by Gasteiger charge is 2.61. The van der Waals surface area contributed by atoms with E-state index in [0.29, 0.717) is 22.5 Å². The van der Waals surface area contributed by atoms with Crippen molar-refractivity contribution in [2.45, 2.75) is 76.6 Å². The topological polar surface area (TPSA) is 253 Å². The molecule has 3 aliphatic rings. The van der Waals surface area contributed by atoms with Gasteiger partial charge in [-0.25, -0.2) is 14.4 Å². The molecule has 3 heterocycles. The summed E-state index contributed by atoms with van der Waals surface area (Å²) in [7, 11) is -2.06. The van der Waals surface area contributed by atoms with E-state index in [-0.39, 0.29) is 60.5 Å². The van der Waals surface area contributed by atoms with Gasteiger partial charge in [-0.05, 0) is 68.4 Å². The number of ether oxygens (including phenoxy) is 3. The lowest BCUT2D eigenvalue weighted by Gasteiger charge is -2.48. The Morgan fingerprint density at radius 3 is 2.04 bits per heavy atom. The number of esters is 1. The van der Waals surface area contributed by atoms with E-state index in [2.05, 4.69) is 10.1 Å². The van der Waals surface area contributed by atoms with Gasteiger partial charge in [0.05, 0.1) is 34.0 Å². The quantitative estimate of drug-likeness (QED) is 0.0601. The number of carbonyl (C=O) groups is 5. The van der Waals surface area contributed by atoms with Crippen LogP contribution in [0.5, 0.6) is 0 Å². The average Bonchev–Trinajstić information content (AvgIpc) is 3.66. The van der Waals surface area contributed by atoms with Gasteiger partial charge >= 0.3 is 18.2 Å². The van der Waals surface area contributed by atoms with Crippen molar-refractivity contribution >= 4 is 61.4 Å². The Bertz CT molecular complexity index is 1940. The second kappa shape index (κ2) is 17.7. The zero-order valence-corrected chi connectivity index (χ0v) is 33.7. The van der Waals surface area contributed by atoms with Crippen LogP contribution in [0, 0.1) is 32.1 Å². The van der Waals surface area contributed by atoms with E-state index in [1.54, 1.807) is 0 Å². The summed E-state index contributed by atoms with van der Waals surface area (Å²) < 4.78 is 22.2. The van der Waals surface area contributed by atoms with Crippen molar-refractivity contribution in [2.24, 2.45) is 17.6 Å². The molecule has 6 atom stereocenters. The zero-order valence-electron chi connectivity index (χ0n) is 31.9. The summed E-state index contributed by atoms with van der Waals surface area (Å²) in [4.78, 5) is 89.3. The van der Waals surface area contributed by atoms with Crippen molar-refractivity contribution in [1.82, 2.24) is 15.1 Å². The predicted molar refractivity (Wildman–Crippen MR) is 205 cm³/mol. The summed E-state index contributed by atoms with van der Waals surface area (Å²) in [5, 5.41) is 24.4. The SMILES string of the molecule is C[C@@H](O[Si](C)(C)C)[C@H]1C(=O)N2C(C(=O)OCc3ccc([N+](=O)[O-])cc3)=C(S[C@H]3C[C@@H](CNC(=O)COC(N)=O)N(C(=O)OCc4ccc([N+](=O)[O-])cc4)C3)[C@H](C)[C@H]12. The molecule has 0 bridgehead atoms. The molecule has 0 spiro atoms. The Balaban J connectivity index is 1.37. The first-order chi connectivity index (χ1) is 26.8. The van der Waals surface area contributed by atoms with Gasteiger partial charge in [0.25, 0.3) is 17.3 Å². The molecular weight excluding hydrogens is 785 g/mol. The number of carbonyl (C=O) groups excluding carboxylic acids is 5. The number of non-ortho nitro benzene ring substituents is 2. The van der Waals surface area contributed by atoms with Gasteiger partial charge in [-0.1, -0.05) is 6.92 Å². The number of nitro groups is 2. The molecule has 306 valence electrons. The van der Waals surface area contributed by atoms with Crippen LogP contribution < -0.4 is 11.1 Å². The summed E-state index contributed by atoms with van der Waals surface area (Å²) in [5.74, 6) is -2.55. The van der Waals surface area contributed by atoms with Crippen molar-refractivity contribution in [1.29, 1.82) is 0 Å². The first kappa shape index (κ1) is 42.6. The maximum absolute atomic E-state index is 13.9. The molecule has 2 fully saturated rings. The third kappa shape index (κ3) is 10.3. The van der Waals surface area contributed by atoms with Crippen molar-refractivity contribution in [3.05, 3.63) is 90.5 Å². The number of benzene rings is 2. The van der Waals surface area contributed by atoms with Gasteiger partial charge in [0.15, 0.2) is 14.9 Å². The molecule has 5 rings (SSSR count). The number of amides is 4. The van der Waals surface area contributed by atoms with Gasteiger partial charge in [0, 0.05) is 53.4 Å². The number of thioether (sulfide) groups is 1. The van der Waals surface area contributed by atoms with E-state index < -0.39 is 72.9 Å². The van der Waals surface area contributed by atoms with Crippen LogP contribution in [0.25, 0.3) is 0 Å². The summed E-state index contributed by atoms with van der Waals surface area (Å²) in [6.45, 7) is 8.86. The number of nitro benzene ring substituents is 2. The van der Waals surface area contributed by atoms with Gasteiger partial charge in [-0.3, -0.25) is 29.8 Å². The molecule has 19 nitrogen and oxygen atoms in total. The van der Waals surface area contributed by atoms with Crippen LogP contribution in [-0.4, -0.2) is 101 Å². The highest BCUT2D eigenvalue weighted by atomic mass is 32.2. The number of primary amides is 1. The van der Waals surface area contributed by atoms with Crippen LogP contribution in [0.1, 0.15) is 31.4 Å². The number of nitrogens with zero attached hydrogens (tertiary/aromatic N) is 4. The lowest BCUT2D eigenvalue weighted by Crippen LogP contribution is -2.64. The standard InChI is InChI=1S/C36H44N6O13SSi/c1-20-30-29(21(2)55-57(3,4)5)33(44)40(30)31(34(45)52-17-22-6-10-24(11-7-22)41(48)49)32(20)56-27-14-26(15-38-28(43)19-53-35(37)46)39(16-27)36(47)54-18-23-8-12-25(13-9-23)42(50)51/h6-13,20-21,26-27,29-30H,14-19H2,1-5H3,(H2,37,46)(H,38,43)/t20-,21-,26+,27+,29-,30-/m1/s1. The van der Waals surface area contributed by atoms with Gasteiger partial charge in [-0.2, -0.15) is 0 Å². The first-order valence-corrected chi connectivity index (χ1v) is 22.3. The first-order valence-electron chi connectivity index (χ1n) is 18.0. The molecule has 3 aliphatic heterocycles. The number of rotatable bonds is 16. The second-order valence-corrected chi connectivity index (χ2v) is 20.6. The smallest absolute Gasteiger partial charge is 0.410 e. The number of β-lactam (4-membered cyclic amide) rings is 1. The van der Waals surface area contributed by atoms with Crippen LogP contribution >= 0.6 is 11.8 Å². The fourth-order valence-corrected chi connectivity index (χ4v) is 9.96. The van der Waals surface area contributed by atoms with Crippen molar-refractivity contribution in [2.75, 3.05) is 19.7 Å². The summed E-state index contributed by atoms with van der Waals surface area (Å²) in [5.41, 5.74) is 5.82. The van der Waals surface area contributed by atoms with Crippen LogP contribution in [0.2, 0.25) is 19.6 Å². The Kier molecular flexibility index (Phi) is 13.2. The molecule has 0 radical (unpaired) electrons. The van der Waals surface area contributed by atoms with Crippen LogP contribution in [0.4, 0.5) is 21.0 Å². The Morgan fingerprint density at radius 2 is 1.51 bits per heavy atom. The third-order valence-corrected chi connectivity index (χ3v) is 12.2. The van der Waals surface area contributed by atoms with E-state index in [1.807, 2.05) is 33.5 Å². The number of hydrogen-bond acceptors (Lipinski definition) is 14. The largest absolute Gasteiger partial charge is 0.456 e. The summed E-state index contributed by atoms with van der Waals surface area (Å²) >= 11 is 1.32. The predicted octanol–water partition coefficient (Wildman–Crippen LogP) is 4.20. The highest BCUT2D eigenvalue weighted by Crippen LogP contribution is 2.53. The van der Waals surface area contributed by atoms with Gasteiger partial charge in [0.1, 0.15) is 18.9 Å². The van der Waals surface area contributed by atoms with Crippen LogP contribution in [0.15, 0.2) is 59.1 Å². The minimum atomic E-state index is -2.06. The van der Waals surface area contributed by atoms with Gasteiger partial charge in [-0.15, -0.1) is 11.8 Å². The molecule has 0 aliphatic carbocycles. The molecule has 21 heteroatoms. The maximum Gasteiger partial charge on any atom is 0.410 e. The molecule has 0 unspecified atom stereocenters. The zero-order chi connectivity index (χ0) is 41.8. The number of likely N-dealkylation sites (tertiary alicyclic amines) is 1. The molecule has 0 aromatic heterocycles. The van der Waals surface area contributed by atoms with Crippen molar-refractivity contribution < 1.29 is 52.5 Å². The number of nitrogens with one attached hydrogen (secondary N) is 1. The molecule has 2 aromatic carbocycles. The molecule has 0 saturated carbocycles. The van der Waals surface area contributed by atoms with E-state index in [4.69, 9.17) is 19.6 Å². The van der Waals surface area contributed by atoms with Crippen molar-refractivity contribution in [3.8, 4) is 0 Å². The van der Waals surface area contributed by atoms with Gasteiger partial charge < -0.3 is 39.5 Å². The minimum Gasteiger partial charge on any atom is -0.456 e. The fraction of sp³-hybridized carbons (Fsp3) is 0.472. The lowest BCUT2D eigenvalue weighted by atomic mass is 9.79. The third-order valence-electron chi connectivity index (χ3n) is 9.64. The Morgan fingerprint density at radius 1 is 0.947 bits per heavy atom. The number of fused-ring (bicyclic) bond motifs is 1.